The summed E-state index contributed by atoms with van der Waals surface area (Å²) in [7, 11) is 1.34. The summed E-state index contributed by atoms with van der Waals surface area (Å²) in [6, 6.07) is 13.0. The lowest BCUT2D eigenvalue weighted by Gasteiger charge is -2.26. The average molecular weight is 558 g/mol. The monoisotopic (exact) mass is 557 g/mol. The maximum atomic E-state index is 13.3. The molecule has 1 aliphatic heterocycles. The molecule has 12 heteroatoms. The number of nitrogens with one attached hydrogen (secondary N) is 2. The minimum atomic E-state index is -0.972. The molecule has 0 aromatic heterocycles. The van der Waals surface area contributed by atoms with Gasteiger partial charge in [0.05, 0.1) is 17.8 Å². The first-order valence-electron chi connectivity index (χ1n) is 10.9. The van der Waals surface area contributed by atoms with Crippen LogP contribution in [-0.4, -0.2) is 37.5 Å². The van der Waals surface area contributed by atoms with Crippen molar-refractivity contribution >= 4 is 64.4 Å². The van der Waals surface area contributed by atoms with Crippen LogP contribution in [0, 0.1) is 5.82 Å². The highest BCUT2D eigenvalue weighted by Gasteiger charge is 2.37. The zero-order valence-electron chi connectivity index (χ0n) is 19.6. The van der Waals surface area contributed by atoms with Crippen LogP contribution in [0.3, 0.4) is 0 Å². The summed E-state index contributed by atoms with van der Waals surface area (Å²) in [6.07, 6.45) is 1.21. The van der Waals surface area contributed by atoms with E-state index in [1.54, 1.807) is 24.3 Å². The lowest BCUT2D eigenvalue weighted by Crippen LogP contribution is -2.54. The zero-order valence-corrected chi connectivity index (χ0v) is 21.1. The Labute approximate surface area is 225 Å². The lowest BCUT2D eigenvalue weighted by atomic mass is 10.1. The van der Waals surface area contributed by atoms with Crippen LogP contribution in [-0.2, 0) is 14.4 Å². The van der Waals surface area contributed by atoms with Crippen LogP contribution in [0.2, 0.25) is 10.0 Å². The number of halogens is 3. The first-order valence-corrected chi connectivity index (χ1v) is 11.6. The molecule has 9 nitrogen and oxygen atoms in total. The molecular formula is C26H18Cl2FN3O6. The summed E-state index contributed by atoms with van der Waals surface area (Å²) in [5, 5.41) is 5.28. The Morgan fingerprint density at radius 3 is 2.39 bits per heavy atom. The van der Waals surface area contributed by atoms with E-state index in [1.165, 1.54) is 37.5 Å². The Balaban J connectivity index is 1.55. The normalized spacial score (nSPS) is 14.4. The molecular weight excluding hydrogens is 540 g/mol. The number of methoxy groups -OCH3 is 1. The largest absolute Gasteiger partial charge is 0.493 e. The first kappa shape index (κ1) is 26.6. The van der Waals surface area contributed by atoms with Gasteiger partial charge in [-0.05, 0) is 72.3 Å². The van der Waals surface area contributed by atoms with Crippen molar-refractivity contribution < 1.29 is 33.0 Å². The van der Waals surface area contributed by atoms with Crippen LogP contribution in [0.1, 0.15) is 5.56 Å². The van der Waals surface area contributed by atoms with E-state index in [-0.39, 0.29) is 33.3 Å². The fraction of sp³-hybridized carbons (Fsp3) is 0.0769. The van der Waals surface area contributed by atoms with Gasteiger partial charge in [-0.15, -0.1) is 0 Å². The van der Waals surface area contributed by atoms with Crippen LogP contribution >= 0.6 is 23.2 Å². The van der Waals surface area contributed by atoms with Gasteiger partial charge < -0.3 is 14.8 Å². The molecule has 3 aromatic carbocycles. The Morgan fingerprint density at radius 1 is 1.05 bits per heavy atom. The molecule has 1 fully saturated rings. The average Bonchev–Trinajstić information content (AvgIpc) is 2.88. The summed E-state index contributed by atoms with van der Waals surface area (Å²) in [5.74, 6) is -2.68. The smallest absolute Gasteiger partial charge is 0.335 e. The van der Waals surface area contributed by atoms with Crippen LogP contribution in [0.5, 0.6) is 11.5 Å². The highest BCUT2D eigenvalue weighted by Crippen LogP contribution is 2.37. The predicted octanol–water partition coefficient (Wildman–Crippen LogP) is 4.83. The number of hydrogen-bond donors (Lipinski definition) is 2. The van der Waals surface area contributed by atoms with Gasteiger partial charge in [-0.1, -0.05) is 23.2 Å². The number of carbonyl (C=O) groups excluding carboxylic acids is 4. The second-order valence-electron chi connectivity index (χ2n) is 7.81. The number of amides is 5. The van der Waals surface area contributed by atoms with Crippen LogP contribution in [0.15, 0.2) is 66.2 Å². The molecule has 5 amide bonds. The van der Waals surface area contributed by atoms with Crippen molar-refractivity contribution in [1.29, 1.82) is 0 Å². The number of hydrogen-bond acceptors (Lipinski definition) is 6. The van der Waals surface area contributed by atoms with E-state index in [0.29, 0.717) is 15.6 Å². The minimum absolute atomic E-state index is 0.0330. The fourth-order valence-corrected chi connectivity index (χ4v) is 3.88. The molecule has 4 rings (SSSR count). The lowest BCUT2D eigenvalue weighted by molar-refractivity contribution is -0.122. The number of rotatable bonds is 7. The molecule has 38 heavy (non-hydrogen) atoms. The molecule has 2 N–H and O–H groups in total. The molecule has 0 bridgehead atoms. The van der Waals surface area contributed by atoms with E-state index in [2.05, 4.69) is 10.6 Å². The van der Waals surface area contributed by atoms with Gasteiger partial charge in [-0.25, -0.2) is 14.1 Å². The van der Waals surface area contributed by atoms with E-state index in [9.17, 15) is 23.6 Å². The van der Waals surface area contributed by atoms with Gasteiger partial charge in [0.1, 0.15) is 11.4 Å². The number of benzene rings is 3. The van der Waals surface area contributed by atoms with Crippen molar-refractivity contribution in [2.45, 2.75) is 0 Å². The van der Waals surface area contributed by atoms with Gasteiger partial charge in [-0.3, -0.25) is 19.7 Å². The Bertz CT molecular complexity index is 1460. The van der Waals surface area contributed by atoms with Gasteiger partial charge in [0.2, 0.25) is 0 Å². The van der Waals surface area contributed by atoms with Gasteiger partial charge in [0.15, 0.2) is 18.1 Å². The van der Waals surface area contributed by atoms with Gasteiger partial charge in [-0.2, -0.15) is 0 Å². The molecule has 0 atom stereocenters. The summed E-state index contributed by atoms with van der Waals surface area (Å²) >= 11 is 12.2. The maximum Gasteiger partial charge on any atom is 0.335 e. The van der Waals surface area contributed by atoms with E-state index in [0.717, 1.165) is 12.1 Å². The molecule has 0 radical (unpaired) electrons. The van der Waals surface area contributed by atoms with E-state index >= 15 is 0 Å². The van der Waals surface area contributed by atoms with Crippen molar-refractivity contribution in [3.05, 3.63) is 87.7 Å². The van der Waals surface area contributed by atoms with E-state index < -0.39 is 36.2 Å². The number of barbiturate groups is 1. The van der Waals surface area contributed by atoms with Gasteiger partial charge in [0.25, 0.3) is 17.7 Å². The molecule has 0 spiro atoms. The fourth-order valence-electron chi connectivity index (χ4n) is 3.48. The number of urea groups is 1. The third kappa shape index (κ3) is 5.93. The van der Waals surface area contributed by atoms with Crippen LogP contribution in [0.25, 0.3) is 6.08 Å². The number of imide groups is 2. The number of ether oxygens (including phenoxy) is 2. The van der Waals surface area contributed by atoms with Crippen molar-refractivity contribution in [3.8, 4) is 11.5 Å². The molecule has 0 aliphatic carbocycles. The zero-order chi connectivity index (χ0) is 27.4. The number of carbonyl (C=O) groups is 4. The Hall–Kier alpha value is -4.41. The molecule has 3 aromatic rings. The van der Waals surface area contributed by atoms with Crippen LogP contribution < -0.4 is 25.0 Å². The summed E-state index contributed by atoms with van der Waals surface area (Å²) < 4.78 is 24.2. The number of nitrogens with zero attached hydrogens (tertiary/aromatic N) is 1. The highest BCUT2D eigenvalue weighted by atomic mass is 35.5. The Morgan fingerprint density at radius 2 is 1.74 bits per heavy atom. The van der Waals surface area contributed by atoms with Crippen molar-refractivity contribution in [1.82, 2.24) is 5.32 Å². The van der Waals surface area contributed by atoms with Crippen molar-refractivity contribution in [2.75, 3.05) is 23.9 Å². The SMILES string of the molecule is COc1cc(/C=C2\C(=O)NC(=O)N(c3ccc(F)cc3)C2=O)cc(Cl)c1OCC(=O)Nc1ccc(Cl)cc1. The minimum Gasteiger partial charge on any atom is -0.493 e. The molecule has 194 valence electrons. The topological polar surface area (TPSA) is 114 Å². The third-order valence-electron chi connectivity index (χ3n) is 5.22. The van der Waals surface area contributed by atoms with Crippen LogP contribution in [0.4, 0.5) is 20.6 Å². The summed E-state index contributed by atoms with van der Waals surface area (Å²) in [4.78, 5) is 50.8. The third-order valence-corrected chi connectivity index (χ3v) is 5.76. The molecule has 1 heterocycles. The quantitative estimate of drug-likeness (QED) is 0.318. The molecule has 1 aliphatic rings. The van der Waals surface area contributed by atoms with E-state index in [1.807, 2.05) is 0 Å². The highest BCUT2D eigenvalue weighted by molar-refractivity contribution is 6.39. The summed E-state index contributed by atoms with van der Waals surface area (Å²) in [6.45, 7) is -0.394. The first-order chi connectivity index (χ1) is 18.2. The second-order valence-corrected chi connectivity index (χ2v) is 8.66. The van der Waals surface area contributed by atoms with E-state index in [4.69, 9.17) is 32.7 Å². The Kier molecular flexibility index (Phi) is 7.94. The maximum absolute atomic E-state index is 13.3. The number of anilines is 2. The van der Waals surface area contributed by atoms with Gasteiger partial charge in [0, 0.05) is 10.7 Å². The molecule has 1 saturated heterocycles. The predicted molar refractivity (Wildman–Crippen MR) is 139 cm³/mol. The molecule has 0 unspecified atom stereocenters. The van der Waals surface area contributed by atoms with Crippen molar-refractivity contribution in [2.24, 2.45) is 0 Å². The standard InChI is InChI=1S/C26H18Cl2FN3O6/c1-37-21-12-14(11-20(28)23(21)38-13-22(33)30-17-6-2-15(27)3-7-17)10-19-24(34)31-26(36)32(25(19)35)18-8-4-16(29)5-9-18/h2-12H,13H2,1H3,(H,30,33)(H,31,34,36)/b19-10+. The molecule has 0 saturated carbocycles. The summed E-state index contributed by atoms with van der Waals surface area (Å²) in [5.41, 5.74) is 0.495. The second kappa shape index (κ2) is 11.3. The van der Waals surface area contributed by atoms with Gasteiger partial charge >= 0.3 is 6.03 Å². The van der Waals surface area contributed by atoms with Crippen molar-refractivity contribution in [3.63, 3.8) is 0 Å².